The van der Waals surface area contributed by atoms with Crippen molar-refractivity contribution in [3.8, 4) is 0 Å². The molecule has 1 aliphatic rings. The lowest BCUT2D eigenvalue weighted by atomic mass is 10.00. The van der Waals surface area contributed by atoms with E-state index in [4.69, 9.17) is 4.74 Å². The third-order valence-electron chi connectivity index (χ3n) is 5.41. The fourth-order valence-electron chi connectivity index (χ4n) is 3.93. The summed E-state index contributed by atoms with van der Waals surface area (Å²) in [7, 11) is -3.76. The van der Waals surface area contributed by atoms with Gasteiger partial charge in [-0.2, -0.15) is 4.31 Å². The maximum absolute atomic E-state index is 13.3. The van der Waals surface area contributed by atoms with E-state index in [9.17, 15) is 18.3 Å². The first-order chi connectivity index (χ1) is 14.8. The topological polar surface area (TPSA) is 95.9 Å². The molecule has 31 heavy (non-hydrogen) atoms. The Morgan fingerprint density at radius 1 is 1.19 bits per heavy atom. The molecule has 0 aromatic heterocycles. The molecule has 2 aromatic carbocycles. The lowest BCUT2D eigenvalue weighted by Crippen LogP contribution is -2.51. The van der Waals surface area contributed by atoms with Crippen molar-refractivity contribution in [2.24, 2.45) is 5.92 Å². The molecular formula is C23H30N2O5S. The minimum atomic E-state index is -3.76. The summed E-state index contributed by atoms with van der Waals surface area (Å²) in [5.74, 6) is 0.0937. The van der Waals surface area contributed by atoms with Crippen LogP contribution in [0.2, 0.25) is 0 Å². The summed E-state index contributed by atoms with van der Waals surface area (Å²) in [6, 6.07) is 15.7. The number of amides is 1. The molecule has 7 nitrogen and oxygen atoms in total. The van der Waals surface area contributed by atoms with Gasteiger partial charge in [0.25, 0.3) is 0 Å². The fraction of sp³-hybridized carbons (Fsp3) is 0.435. The average molecular weight is 447 g/mol. The highest BCUT2D eigenvalue weighted by Gasteiger charge is 2.35. The van der Waals surface area contributed by atoms with E-state index in [1.807, 2.05) is 49.4 Å². The van der Waals surface area contributed by atoms with Crippen molar-refractivity contribution in [1.29, 1.82) is 0 Å². The number of fused-ring (bicyclic) bond motifs is 1. The minimum absolute atomic E-state index is 0.0937. The number of aliphatic hydroxyl groups excluding tert-OH is 1. The molecule has 0 radical (unpaired) electrons. The van der Waals surface area contributed by atoms with E-state index in [1.165, 1.54) is 4.31 Å². The number of aliphatic hydroxyl groups is 1. The Hall–Kier alpha value is -2.42. The number of nitrogens with one attached hydrogen (secondary N) is 1. The second-order valence-corrected chi connectivity index (χ2v) is 9.87. The summed E-state index contributed by atoms with van der Waals surface area (Å²) in [5, 5.41) is 13.7. The molecule has 1 unspecified atom stereocenters. The Morgan fingerprint density at radius 3 is 2.58 bits per heavy atom. The van der Waals surface area contributed by atoms with Crippen molar-refractivity contribution in [1.82, 2.24) is 9.62 Å². The van der Waals surface area contributed by atoms with Crippen LogP contribution >= 0.6 is 0 Å². The molecule has 8 heteroatoms. The van der Waals surface area contributed by atoms with Crippen molar-refractivity contribution in [3.05, 3.63) is 65.7 Å². The van der Waals surface area contributed by atoms with Crippen molar-refractivity contribution in [3.63, 3.8) is 0 Å². The van der Waals surface area contributed by atoms with Gasteiger partial charge >= 0.3 is 6.09 Å². The van der Waals surface area contributed by atoms with Crippen LogP contribution < -0.4 is 5.32 Å². The molecule has 0 spiro atoms. The van der Waals surface area contributed by atoms with Crippen LogP contribution in [0, 0.1) is 5.92 Å². The average Bonchev–Trinajstić information content (AvgIpc) is 2.82. The van der Waals surface area contributed by atoms with Crippen molar-refractivity contribution in [2.45, 2.75) is 43.7 Å². The molecule has 1 heterocycles. The van der Waals surface area contributed by atoms with E-state index < -0.39 is 28.3 Å². The van der Waals surface area contributed by atoms with Gasteiger partial charge < -0.3 is 15.2 Å². The van der Waals surface area contributed by atoms with E-state index in [-0.39, 0.29) is 24.0 Å². The van der Waals surface area contributed by atoms with Gasteiger partial charge in [-0.15, -0.1) is 0 Å². The van der Waals surface area contributed by atoms with Gasteiger partial charge in [0.05, 0.1) is 23.6 Å². The van der Waals surface area contributed by atoms with Crippen LogP contribution in [0.5, 0.6) is 0 Å². The van der Waals surface area contributed by atoms with Gasteiger partial charge in [-0.25, -0.2) is 13.2 Å². The lowest BCUT2D eigenvalue weighted by molar-refractivity contribution is 0.0906. The number of rotatable bonds is 7. The maximum atomic E-state index is 13.3. The van der Waals surface area contributed by atoms with Gasteiger partial charge in [0.1, 0.15) is 0 Å². The van der Waals surface area contributed by atoms with Crippen LogP contribution in [0.3, 0.4) is 0 Å². The van der Waals surface area contributed by atoms with Crippen molar-refractivity contribution < 1.29 is 23.1 Å². The molecule has 2 N–H and O–H groups in total. The van der Waals surface area contributed by atoms with Crippen LogP contribution in [0.4, 0.5) is 4.79 Å². The monoisotopic (exact) mass is 446 g/mol. The quantitative estimate of drug-likeness (QED) is 0.682. The number of sulfonamides is 1. The molecule has 1 amide bonds. The SMILES string of the molecule is CCOC(=O)N[C@@H](Cc1ccccc1)[C@H](O)CN1CC(C)Cc2ccccc2S1(=O)=O. The normalized spacial score (nSPS) is 20.2. The highest BCUT2D eigenvalue weighted by atomic mass is 32.2. The van der Waals surface area contributed by atoms with Gasteiger partial charge in [-0.1, -0.05) is 55.5 Å². The molecule has 0 bridgehead atoms. The molecule has 1 aliphatic heterocycles. The summed E-state index contributed by atoms with van der Waals surface area (Å²) in [5.41, 5.74) is 1.71. The summed E-state index contributed by atoms with van der Waals surface area (Å²) in [6.45, 7) is 4.07. The van der Waals surface area contributed by atoms with E-state index in [0.717, 1.165) is 11.1 Å². The van der Waals surface area contributed by atoms with Crippen LogP contribution in [-0.2, 0) is 27.6 Å². The standard InChI is InChI=1S/C23H30N2O5S/c1-3-30-23(27)24-20(14-18-9-5-4-6-10-18)21(26)16-25-15-17(2)13-19-11-7-8-12-22(19)31(25,28)29/h4-12,17,20-21,26H,3,13-16H2,1-2H3,(H,24,27)/t17?,20-,21+/m0/s1. The number of β-amino-alcohol motifs (C(OH)–C–C–N with tert-alkyl or cyclic N) is 1. The molecule has 0 saturated carbocycles. The first-order valence-electron chi connectivity index (χ1n) is 10.5. The minimum Gasteiger partial charge on any atom is -0.450 e. The largest absolute Gasteiger partial charge is 0.450 e. The highest BCUT2D eigenvalue weighted by Crippen LogP contribution is 2.28. The number of ether oxygens (including phenoxy) is 1. The van der Waals surface area contributed by atoms with E-state index in [2.05, 4.69) is 5.32 Å². The van der Waals surface area contributed by atoms with E-state index >= 15 is 0 Å². The molecule has 168 valence electrons. The predicted molar refractivity (Wildman–Crippen MR) is 118 cm³/mol. The van der Waals surface area contributed by atoms with Gasteiger partial charge in [-0.3, -0.25) is 0 Å². The summed E-state index contributed by atoms with van der Waals surface area (Å²) in [6.07, 6.45) is -0.756. The smallest absolute Gasteiger partial charge is 0.407 e. The van der Waals surface area contributed by atoms with E-state index in [1.54, 1.807) is 19.1 Å². The van der Waals surface area contributed by atoms with Gasteiger partial charge in [0, 0.05) is 13.1 Å². The second-order valence-electron chi connectivity index (χ2n) is 7.97. The maximum Gasteiger partial charge on any atom is 0.407 e. The van der Waals surface area contributed by atoms with Crippen LogP contribution in [-0.4, -0.2) is 55.8 Å². The number of carbonyl (C=O) groups is 1. The Kier molecular flexibility index (Phi) is 7.69. The Labute approximate surface area is 184 Å². The molecule has 3 atom stereocenters. The summed E-state index contributed by atoms with van der Waals surface area (Å²) >= 11 is 0. The van der Waals surface area contributed by atoms with E-state index in [0.29, 0.717) is 19.4 Å². The Bertz CT molecular complexity index is 980. The number of benzene rings is 2. The zero-order valence-electron chi connectivity index (χ0n) is 17.9. The lowest BCUT2D eigenvalue weighted by Gasteiger charge is -2.29. The predicted octanol–water partition coefficient (Wildman–Crippen LogP) is 2.59. The number of carbonyl (C=O) groups excluding carboxylic acids is 1. The van der Waals surface area contributed by atoms with Crippen molar-refractivity contribution in [2.75, 3.05) is 19.7 Å². The number of alkyl carbamates (subject to hydrolysis) is 1. The molecule has 0 aliphatic carbocycles. The van der Waals surface area contributed by atoms with Crippen LogP contribution in [0.25, 0.3) is 0 Å². The third kappa shape index (κ3) is 5.84. The molecule has 0 saturated heterocycles. The van der Waals surface area contributed by atoms with Crippen LogP contribution in [0.15, 0.2) is 59.5 Å². The summed E-state index contributed by atoms with van der Waals surface area (Å²) < 4.78 is 32.9. The molecule has 3 rings (SSSR count). The number of hydrogen-bond acceptors (Lipinski definition) is 5. The zero-order chi connectivity index (χ0) is 22.4. The Morgan fingerprint density at radius 2 is 1.87 bits per heavy atom. The first kappa shape index (κ1) is 23.2. The third-order valence-corrected chi connectivity index (χ3v) is 7.34. The molecule has 2 aromatic rings. The van der Waals surface area contributed by atoms with Crippen LogP contribution in [0.1, 0.15) is 25.0 Å². The molecular weight excluding hydrogens is 416 g/mol. The highest BCUT2D eigenvalue weighted by molar-refractivity contribution is 7.89. The second kappa shape index (κ2) is 10.3. The number of hydrogen-bond donors (Lipinski definition) is 2. The fourth-order valence-corrected chi connectivity index (χ4v) is 5.74. The molecule has 0 fully saturated rings. The Balaban J connectivity index is 1.83. The summed E-state index contributed by atoms with van der Waals surface area (Å²) in [4.78, 5) is 12.3. The van der Waals surface area contributed by atoms with Gasteiger partial charge in [0.2, 0.25) is 10.0 Å². The number of nitrogens with zero attached hydrogens (tertiary/aromatic N) is 1. The van der Waals surface area contributed by atoms with Gasteiger partial charge in [-0.05, 0) is 42.9 Å². The van der Waals surface area contributed by atoms with Gasteiger partial charge in [0.15, 0.2) is 0 Å². The van der Waals surface area contributed by atoms with Crippen molar-refractivity contribution >= 4 is 16.1 Å². The first-order valence-corrected chi connectivity index (χ1v) is 12.0. The zero-order valence-corrected chi connectivity index (χ0v) is 18.7.